The Balaban J connectivity index is 1.91. The van der Waals surface area contributed by atoms with Gasteiger partial charge in [0.2, 0.25) is 0 Å². The van der Waals surface area contributed by atoms with Gasteiger partial charge in [-0.05, 0) is 32.8 Å². The van der Waals surface area contributed by atoms with Gasteiger partial charge in [0.1, 0.15) is 0 Å². The Kier molecular flexibility index (Phi) is 5.92. The standard InChI is InChI=1S/C16H21N3O3S/c1-11-10-13(12(2)19(11)16-18-8-9-23-16)15(22)17-7-5-3-4-6-14(20)21/h8-10H,3-7H2,1-2H3,(H,17,22)(H,20,21). The van der Waals surface area contributed by atoms with Crippen molar-refractivity contribution in [3.05, 3.63) is 34.6 Å². The Hall–Kier alpha value is -2.15. The molecule has 2 rings (SSSR count). The quantitative estimate of drug-likeness (QED) is 0.727. The predicted molar refractivity (Wildman–Crippen MR) is 89.4 cm³/mol. The van der Waals surface area contributed by atoms with E-state index in [1.54, 1.807) is 6.20 Å². The number of aromatic nitrogens is 2. The topological polar surface area (TPSA) is 84.2 Å². The molecular formula is C16H21N3O3S. The number of nitrogens with one attached hydrogen (secondary N) is 1. The van der Waals surface area contributed by atoms with E-state index in [2.05, 4.69) is 10.3 Å². The van der Waals surface area contributed by atoms with Gasteiger partial charge < -0.3 is 10.4 Å². The zero-order chi connectivity index (χ0) is 16.8. The van der Waals surface area contributed by atoms with Gasteiger partial charge in [0.05, 0.1) is 5.56 Å². The molecule has 0 aliphatic carbocycles. The molecule has 0 bridgehead atoms. The first kappa shape index (κ1) is 17.2. The molecule has 7 heteroatoms. The number of carbonyl (C=O) groups is 2. The number of thiazole rings is 1. The maximum absolute atomic E-state index is 12.3. The number of aryl methyl sites for hydroxylation is 1. The van der Waals surface area contributed by atoms with Crippen molar-refractivity contribution in [3.8, 4) is 5.13 Å². The molecule has 2 N–H and O–H groups in total. The number of aliphatic carboxylic acids is 1. The minimum absolute atomic E-state index is 0.0980. The van der Waals surface area contributed by atoms with Crippen LogP contribution >= 0.6 is 11.3 Å². The van der Waals surface area contributed by atoms with Crippen LogP contribution in [-0.2, 0) is 4.79 Å². The van der Waals surface area contributed by atoms with E-state index >= 15 is 0 Å². The fourth-order valence-electron chi connectivity index (χ4n) is 2.49. The van der Waals surface area contributed by atoms with Gasteiger partial charge in [0, 0.05) is 35.9 Å². The third kappa shape index (κ3) is 4.41. The molecule has 0 aliphatic heterocycles. The molecule has 0 fully saturated rings. The number of nitrogens with zero attached hydrogens (tertiary/aromatic N) is 2. The number of unbranched alkanes of at least 4 members (excludes halogenated alkanes) is 2. The first-order valence-electron chi connectivity index (χ1n) is 7.59. The molecule has 2 heterocycles. The molecular weight excluding hydrogens is 314 g/mol. The second-order valence-electron chi connectivity index (χ2n) is 5.40. The van der Waals surface area contributed by atoms with Gasteiger partial charge in [-0.3, -0.25) is 14.2 Å². The average Bonchev–Trinajstić information content (AvgIpc) is 3.10. The summed E-state index contributed by atoms with van der Waals surface area (Å²) < 4.78 is 1.98. The van der Waals surface area contributed by atoms with Gasteiger partial charge in [-0.25, -0.2) is 4.98 Å². The monoisotopic (exact) mass is 335 g/mol. The lowest BCUT2D eigenvalue weighted by Gasteiger charge is -2.07. The van der Waals surface area contributed by atoms with Crippen molar-refractivity contribution in [2.75, 3.05) is 6.54 Å². The summed E-state index contributed by atoms with van der Waals surface area (Å²) in [5.74, 6) is -0.872. The molecule has 0 unspecified atom stereocenters. The number of hydrogen-bond acceptors (Lipinski definition) is 4. The Morgan fingerprint density at radius 3 is 2.74 bits per heavy atom. The summed E-state index contributed by atoms with van der Waals surface area (Å²) in [6.45, 7) is 4.42. The minimum atomic E-state index is -0.774. The molecule has 0 aromatic carbocycles. The van der Waals surface area contributed by atoms with Crippen LogP contribution in [0.4, 0.5) is 0 Å². The van der Waals surface area contributed by atoms with Crippen LogP contribution < -0.4 is 5.32 Å². The molecule has 0 saturated carbocycles. The highest BCUT2D eigenvalue weighted by Gasteiger charge is 2.17. The maximum Gasteiger partial charge on any atom is 0.303 e. The molecule has 23 heavy (non-hydrogen) atoms. The largest absolute Gasteiger partial charge is 0.481 e. The molecule has 2 aromatic rings. The van der Waals surface area contributed by atoms with Crippen molar-refractivity contribution >= 4 is 23.2 Å². The smallest absolute Gasteiger partial charge is 0.303 e. The molecule has 0 spiro atoms. The van der Waals surface area contributed by atoms with Crippen LogP contribution in [0.15, 0.2) is 17.6 Å². The zero-order valence-corrected chi connectivity index (χ0v) is 14.2. The van der Waals surface area contributed by atoms with Crippen LogP contribution in [0.3, 0.4) is 0 Å². The SMILES string of the molecule is Cc1cc(C(=O)NCCCCCC(=O)O)c(C)n1-c1nccs1. The Morgan fingerprint density at radius 1 is 1.30 bits per heavy atom. The van der Waals surface area contributed by atoms with Gasteiger partial charge in [-0.15, -0.1) is 11.3 Å². The van der Waals surface area contributed by atoms with Crippen LogP contribution in [0.5, 0.6) is 0 Å². The summed E-state index contributed by atoms with van der Waals surface area (Å²) in [6.07, 6.45) is 4.15. The van der Waals surface area contributed by atoms with Crippen LogP contribution in [0.25, 0.3) is 5.13 Å². The first-order valence-corrected chi connectivity index (χ1v) is 8.47. The average molecular weight is 335 g/mol. The number of carboxylic acids is 1. The summed E-state index contributed by atoms with van der Waals surface area (Å²) in [5, 5.41) is 14.2. The fraction of sp³-hybridized carbons (Fsp3) is 0.438. The summed E-state index contributed by atoms with van der Waals surface area (Å²) >= 11 is 1.53. The van der Waals surface area contributed by atoms with Gasteiger partial charge in [0.15, 0.2) is 5.13 Å². The van der Waals surface area contributed by atoms with E-state index in [4.69, 9.17) is 5.11 Å². The maximum atomic E-state index is 12.3. The predicted octanol–water partition coefficient (Wildman–Crippen LogP) is 2.93. The normalized spacial score (nSPS) is 10.7. The van der Waals surface area contributed by atoms with Gasteiger partial charge in [0.25, 0.3) is 5.91 Å². The van der Waals surface area contributed by atoms with Crippen molar-refractivity contribution in [1.29, 1.82) is 0 Å². The fourth-order valence-corrected chi connectivity index (χ4v) is 3.24. The molecule has 124 valence electrons. The molecule has 0 radical (unpaired) electrons. The van der Waals surface area contributed by atoms with E-state index < -0.39 is 5.97 Å². The lowest BCUT2D eigenvalue weighted by atomic mass is 10.2. The van der Waals surface area contributed by atoms with E-state index in [0.717, 1.165) is 29.4 Å². The number of hydrogen-bond donors (Lipinski definition) is 2. The lowest BCUT2D eigenvalue weighted by Crippen LogP contribution is -2.24. The molecule has 1 amide bonds. The number of carboxylic acid groups (broad SMARTS) is 1. The van der Waals surface area contributed by atoms with E-state index in [1.165, 1.54) is 11.3 Å². The van der Waals surface area contributed by atoms with E-state index in [9.17, 15) is 9.59 Å². The summed E-state index contributed by atoms with van der Waals surface area (Å²) in [7, 11) is 0. The number of carbonyl (C=O) groups excluding carboxylic acids is 1. The molecule has 6 nitrogen and oxygen atoms in total. The minimum Gasteiger partial charge on any atom is -0.481 e. The van der Waals surface area contributed by atoms with Crippen LogP contribution in [-0.4, -0.2) is 33.1 Å². The highest BCUT2D eigenvalue weighted by atomic mass is 32.1. The highest BCUT2D eigenvalue weighted by molar-refractivity contribution is 7.12. The van der Waals surface area contributed by atoms with E-state index in [1.807, 2.05) is 29.9 Å². The van der Waals surface area contributed by atoms with Crippen molar-refractivity contribution in [2.24, 2.45) is 0 Å². The van der Waals surface area contributed by atoms with Gasteiger partial charge >= 0.3 is 5.97 Å². The zero-order valence-electron chi connectivity index (χ0n) is 13.3. The van der Waals surface area contributed by atoms with E-state index in [0.29, 0.717) is 18.5 Å². The summed E-state index contributed by atoms with van der Waals surface area (Å²) in [6, 6.07) is 1.87. The molecule has 0 atom stereocenters. The molecule has 0 saturated heterocycles. The number of amides is 1. The van der Waals surface area contributed by atoms with Crippen molar-refractivity contribution < 1.29 is 14.7 Å². The van der Waals surface area contributed by atoms with Gasteiger partial charge in [-0.1, -0.05) is 6.42 Å². The van der Waals surface area contributed by atoms with E-state index in [-0.39, 0.29) is 12.3 Å². The lowest BCUT2D eigenvalue weighted by molar-refractivity contribution is -0.137. The van der Waals surface area contributed by atoms with Crippen LogP contribution in [0, 0.1) is 13.8 Å². The summed E-state index contributed by atoms with van der Waals surface area (Å²) in [4.78, 5) is 27.0. The van der Waals surface area contributed by atoms with Crippen LogP contribution in [0.2, 0.25) is 0 Å². The second-order valence-corrected chi connectivity index (χ2v) is 6.27. The third-order valence-electron chi connectivity index (χ3n) is 3.64. The van der Waals surface area contributed by atoms with Gasteiger partial charge in [-0.2, -0.15) is 0 Å². The summed E-state index contributed by atoms with van der Waals surface area (Å²) in [5.41, 5.74) is 2.51. The van der Waals surface area contributed by atoms with Crippen molar-refractivity contribution in [3.63, 3.8) is 0 Å². The molecule has 0 aliphatic rings. The van der Waals surface area contributed by atoms with Crippen molar-refractivity contribution in [2.45, 2.75) is 39.5 Å². The van der Waals surface area contributed by atoms with Crippen LogP contribution in [0.1, 0.15) is 47.4 Å². The Bertz CT molecular complexity index is 677. The molecule has 2 aromatic heterocycles. The first-order chi connectivity index (χ1) is 11.0. The number of rotatable bonds is 8. The Morgan fingerprint density at radius 2 is 2.09 bits per heavy atom. The highest BCUT2D eigenvalue weighted by Crippen LogP contribution is 2.22. The second kappa shape index (κ2) is 7.92. The third-order valence-corrected chi connectivity index (χ3v) is 4.40. The Labute approximate surface area is 139 Å². The van der Waals surface area contributed by atoms with Crippen molar-refractivity contribution in [1.82, 2.24) is 14.9 Å².